The minimum atomic E-state index is -1.19. The first-order chi connectivity index (χ1) is 11.5. The molecule has 2 unspecified atom stereocenters. The molecule has 24 heavy (non-hydrogen) atoms. The van der Waals surface area contributed by atoms with E-state index in [0.717, 1.165) is 19.2 Å². The minimum Gasteiger partial charge on any atom is -0.457 e. The van der Waals surface area contributed by atoms with Crippen molar-refractivity contribution < 1.29 is 32.6 Å². The molecule has 8 heteroatoms. The second kappa shape index (κ2) is 8.89. The van der Waals surface area contributed by atoms with Gasteiger partial charge in [-0.15, -0.1) is 0 Å². The number of rotatable bonds is 5. The van der Waals surface area contributed by atoms with E-state index in [2.05, 4.69) is 11.9 Å². The molecule has 0 aromatic rings. The maximum atomic E-state index is 14.0. The van der Waals surface area contributed by atoms with Crippen LogP contribution < -0.4 is 5.32 Å². The third kappa shape index (κ3) is 5.68. The van der Waals surface area contributed by atoms with E-state index in [1.54, 1.807) is 0 Å². The second-order valence-corrected chi connectivity index (χ2v) is 5.74. The van der Waals surface area contributed by atoms with E-state index in [1.807, 2.05) is 0 Å². The van der Waals surface area contributed by atoms with E-state index >= 15 is 0 Å². The maximum Gasteiger partial charge on any atom is 0.367 e. The van der Waals surface area contributed by atoms with Gasteiger partial charge >= 0.3 is 11.9 Å². The maximum absolute atomic E-state index is 14.0. The third-order valence-electron chi connectivity index (χ3n) is 3.85. The van der Waals surface area contributed by atoms with E-state index in [9.17, 15) is 18.4 Å². The molecule has 1 N–H and O–H groups in total. The van der Waals surface area contributed by atoms with E-state index in [0.29, 0.717) is 19.3 Å². The van der Waals surface area contributed by atoms with Gasteiger partial charge in [-0.3, -0.25) is 0 Å². The van der Waals surface area contributed by atoms with E-state index in [1.165, 1.54) is 0 Å². The molecule has 0 saturated carbocycles. The quantitative estimate of drug-likeness (QED) is 0.604. The highest BCUT2D eigenvalue weighted by molar-refractivity contribution is 5.86. The molecule has 2 saturated heterocycles. The van der Waals surface area contributed by atoms with Gasteiger partial charge in [0.15, 0.2) is 0 Å². The van der Waals surface area contributed by atoms with Crippen molar-refractivity contribution in [2.45, 2.75) is 44.0 Å². The molecule has 0 amide bonds. The van der Waals surface area contributed by atoms with Crippen LogP contribution in [0.2, 0.25) is 0 Å². The van der Waals surface area contributed by atoms with Crippen LogP contribution in [0.3, 0.4) is 0 Å². The molecule has 2 atom stereocenters. The molecule has 2 aliphatic rings. The molecule has 2 heterocycles. The number of carbonyl (C=O) groups excluding carboxylic acids is 2. The Bertz CT molecular complexity index is 517. The molecule has 0 aliphatic carbocycles. The zero-order valence-electron chi connectivity index (χ0n) is 13.3. The lowest BCUT2D eigenvalue weighted by molar-refractivity contribution is -0.152. The highest BCUT2D eigenvalue weighted by atomic mass is 19.1. The van der Waals surface area contributed by atoms with Gasteiger partial charge in [-0.1, -0.05) is 6.58 Å². The predicted octanol–water partition coefficient (Wildman–Crippen LogP) is 1.71. The molecule has 0 radical (unpaired) electrons. The van der Waals surface area contributed by atoms with Gasteiger partial charge in [0.25, 0.3) is 0 Å². The average Bonchev–Trinajstić information content (AvgIpc) is 2.56. The van der Waals surface area contributed by atoms with Crippen molar-refractivity contribution in [3.8, 4) is 0 Å². The van der Waals surface area contributed by atoms with Crippen LogP contribution in [-0.2, 0) is 23.8 Å². The zero-order chi connectivity index (χ0) is 17.5. The Morgan fingerprint density at radius 2 is 1.75 bits per heavy atom. The van der Waals surface area contributed by atoms with Gasteiger partial charge in [-0.25, -0.2) is 9.59 Å². The molecule has 0 aromatic heterocycles. The Kier molecular flexibility index (Phi) is 6.86. The van der Waals surface area contributed by atoms with Gasteiger partial charge in [0.1, 0.15) is 12.2 Å². The molecule has 0 spiro atoms. The van der Waals surface area contributed by atoms with Crippen molar-refractivity contribution in [1.82, 2.24) is 5.32 Å². The highest BCUT2D eigenvalue weighted by Crippen LogP contribution is 2.21. The summed E-state index contributed by atoms with van der Waals surface area (Å²) in [5.74, 6) is -4.40. The average molecular weight is 345 g/mol. The smallest absolute Gasteiger partial charge is 0.367 e. The summed E-state index contributed by atoms with van der Waals surface area (Å²) in [6, 6.07) is 0. The fraction of sp³-hybridized carbons (Fsp3) is 0.625. The van der Waals surface area contributed by atoms with Gasteiger partial charge < -0.3 is 19.5 Å². The summed E-state index contributed by atoms with van der Waals surface area (Å²) in [5.41, 5.74) is 0. The third-order valence-corrected chi connectivity index (χ3v) is 3.85. The Labute approximate surface area is 138 Å². The van der Waals surface area contributed by atoms with Crippen LogP contribution in [0.25, 0.3) is 0 Å². The Morgan fingerprint density at radius 3 is 2.42 bits per heavy atom. The number of hydrogen-bond donors (Lipinski definition) is 1. The van der Waals surface area contributed by atoms with E-state index in [-0.39, 0.29) is 19.1 Å². The van der Waals surface area contributed by atoms with Gasteiger partial charge in [0.05, 0.1) is 12.7 Å². The molecular weight excluding hydrogens is 324 g/mol. The van der Waals surface area contributed by atoms with Gasteiger partial charge in [-0.05, 0) is 32.0 Å². The first-order valence-electron chi connectivity index (χ1n) is 7.91. The normalized spacial score (nSPS) is 25.8. The van der Waals surface area contributed by atoms with Crippen LogP contribution in [0, 0.1) is 0 Å². The number of esters is 2. The lowest BCUT2D eigenvalue weighted by Gasteiger charge is -2.27. The minimum absolute atomic E-state index is 0.132. The number of halogens is 2. The van der Waals surface area contributed by atoms with Crippen LogP contribution in [0.1, 0.15) is 25.7 Å². The molecule has 2 fully saturated rings. The summed E-state index contributed by atoms with van der Waals surface area (Å²) in [5, 5.41) is 3.12. The van der Waals surface area contributed by atoms with Crippen LogP contribution in [0.5, 0.6) is 0 Å². The Morgan fingerprint density at radius 1 is 1.08 bits per heavy atom. The molecular formula is C16H21F2NO5. The Balaban J connectivity index is 1.85. The van der Waals surface area contributed by atoms with E-state index < -0.39 is 35.8 Å². The molecule has 134 valence electrons. The molecule has 6 nitrogen and oxygen atoms in total. The number of nitrogens with one attached hydrogen (secondary N) is 1. The van der Waals surface area contributed by atoms with E-state index in [4.69, 9.17) is 14.2 Å². The number of hydrogen-bond acceptors (Lipinski definition) is 6. The van der Waals surface area contributed by atoms with Crippen molar-refractivity contribution in [3.63, 3.8) is 0 Å². The summed E-state index contributed by atoms with van der Waals surface area (Å²) in [7, 11) is 0. The number of carbonyl (C=O) groups is 2. The summed E-state index contributed by atoms with van der Waals surface area (Å²) >= 11 is 0. The van der Waals surface area contributed by atoms with Crippen molar-refractivity contribution in [1.29, 1.82) is 0 Å². The lowest BCUT2D eigenvalue weighted by atomic mass is 10.1. The highest BCUT2D eigenvalue weighted by Gasteiger charge is 2.27. The topological polar surface area (TPSA) is 73.9 Å². The molecule has 0 bridgehead atoms. The van der Waals surface area contributed by atoms with Gasteiger partial charge in [0.2, 0.25) is 11.7 Å². The van der Waals surface area contributed by atoms with Crippen molar-refractivity contribution in [3.05, 3.63) is 24.3 Å². The second-order valence-electron chi connectivity index (χ2n) is 5.74. The molecule has 2 rings (SSSR count). The summed E-state index contributed by atoms with van der Waals surface area (Å²) in [6.07, 6.45) is 1.13. The Hall–Kier alpha value is -1.80. The standard InChI is InChI=1S/C16H21F2NO5/c1-10(17)15(20)24-12-4-7-22-13(8-12)9-14(18)16(21)23-11-2-5-19-6-3-11/h9,11-13,19H,1-8H2/b14-9-. The summed E-state index contributed by atoms with van der Waals surface area (Å²) < 4.78 is 41.9. The van der Waals surface area contributed by atoms with Gasteiger partial charge in [-0.2, -0.15) is 8.78 Å². The predicted molar refractivity (Wildman–Crippen MR) is 80.3 cm³/mol. The van der Waals surface area contributed by atoms with Gasteiger partial charge in [0, 0.05) is 12.8 Å². The fourth-order valence-electron chi connectivity index (χ4n) is 2.59. The first-order valence-corrected chi connectivity index (χ1v) is 7.91. The van der Waals surface area contributed by atoms with Crippen LogP contribution >= 0.6 is 0 Å². The molecule has 0 aromatic carbocycles. The van der Waals surface area contributed by atoms with Crippen LogP contribution in [-0.4, -0.2) is 49.9 Å². The number of ether oxygens (including phenoxy) is 3. The monoisotopic (exact) mass is 345 g/mol. The molecule has 2 aliphatic heterocycles. The fourth-order valence-corrected chi connectivity index (χ4v) is 2.59. The number of piperidine rings is 1. The van der Waals surface area contributed by atoms with Crippen LogP contribution in [0.15, 0.2) is 24.3 Å². The van der Waals surface area contributed by atoms with Crippen molar-refractivity contribution in [2.75, 3.05) is 19.7 Å². The van der Waals surface area contributed by atoms with Crippen molar-refractivity contribution >= 4 is 11.9 Å². The largest absolute Gasteiger partial charge is 0.457 e. The van der Waals surface area contributed by atoms with Crippen LogP contribution in [0.4, 0.5) is 8.78 Å². The first kappa shape index (κ1) is 18.5. The summed E-state index contributed by atoms with van der Waals surface area (Å²) in [6.45, 7) is 4.51. The summed E-state index contributed by atoms with van der Waals surface area (Å²) in [4.78, 5) is 22.9. The zero-order valence-corrected chi connectivity index (χ0v) is 13.3. The lowest BCUT2D eigenvalue weighted by Crippen LogP contribution is -2.34. The van der Waals surface area contributed by atoms with Crippen molar-refractivity contribution in [2.24, 2.45) is 0 Å². The SMILES string of the molecule is C=C(F)C(=O)OC1CCOC(/C=C(\F)C(=O)OC2CCNCC2)C1.